The molecule has 35 heavy (non-hydrogen) atoms. The van der Waals surface area contributed by atoms with Crippen LogP contribution >= 0.6 is 11.8 Å². The summed E-state index contributed by atoms with van der Waals surface area (Å²) in [4.78, 5) is 49.0. The number of thioether (sulfide) groups is 1. The van der Waals surface area contributed by atoms with E-state index in [1.54, 1.807) is 0 Å². The summed E-state index contributed by atoms with van der Waals surface area (Å²) in [6.07, 6.45) is 2.84. The highest BCUT2D eigenvalue weighted by molar-refractivity contribution is 8.15. The number of aryl methyl sites for hydroxylation is 1. The van der Waals surface area contributed by atoms with E-state index in [1.165, 1.54) is 21.6 Å². The van der Waals surface area contributed by atoms with Crippen molar-refractivity contribution < 1.29 is 19.0 Å². The number of nitrogens with one attached hydrogen (secondary N) is 1. The van der Waals surface area contributed by atoms with Crippen molar-refractivity contribution in [3.8, 4) is 0 Å². The second-order valence-corrected chi connectivity index (χ2v) is 10.1. The molecule has 1 unspecified atom stereocenters. The molecule has 1 aromatic carbocycles. The molecule has 3 aliphatic heterocycles. The van der Waals surface area contributed by atoms with Gasteiger partial charge in [-0.3, -0.25) is 19.1 Å². The molecule has 3 aliphatic rings. The van der Waals surface area contributed by atoms with Crippen molar-refractivity contribution in [3.63, 3.8) is 0 Å². The van der Waals surface area contributed by atoms with Crippen molar-refractivity contribution in [1.82, 2.24) is 9.80 Å². The van der Waals surface area contributed by atoms with E-state index in [4.69, 9.17) is 4.99 Å². The monoisotopic (exact) mass is 499 g/mol. The summed E-state index contributed by atoms with van der Waals surface area (Å²) in [6, 6.07) is 5.48. The zero-order valence-corrected chi connectivity index (χ0v) is 21.9. The predicted octanol–water partition coefficient (Wildman–Crippen LogP) is 3.13. The summed E-state index contributed by atoms with van der Waals surface area (Å²) in [5, 5.41) is 3.14. The molecule has 10 heteroatoms. The van der Waals surface area contributed by atoms with Crippen LogP contribution in [0.25, 0.3) is 0 Å². The van der Waals surface area contributed by atoms with Gasteiger partial charge in [-0.15, -0.1) is 0 Å². The second-order valence-electron chi connectivity index (χ2n) is 9.02. The second kappa shape index (κ2) is 10.8. The maximum atomic E-state index is 13.3. The standard InChI is InChI=1S/C25H34N6O3S/c1-5-12-30-23(33)21-22(27-24(35-21)29-13-8-9-14-29)31(25(30)34)16-20(32)26-19-11-10-18(15-17(19)4)28(6-2)7-3/h10-11,15,21H,5-9,12-14,16H2,1-4H3/p+1. The quantitative estimate of drug-likeness (QED) is 0.555. The Hall–Kier alpha value is -2.88. The largest absolute Gasteiger partial charge is 0.372 e. The molecule has 1 aromatic rings. The number of imide groups is 1. The van der Waals surface area contributed by atoms with Crippen molar-refractivity contribution in [2.45, 2.75) is 52.2 Å². The van der Waals surface area contributed by atoms with Gasteiger partial charge in [0.1, 0.15) is 6.54 Å². The third kappa shape index (κ3) is 5.07. The molecule has 188 valence electrons. The van der Waals surface area contributed by atoms with Crippen LogP contribution in [0.1, 0.15) is 45.6 Å². The molecule has 0 spiro atoms. The van der Waals surface area contributed by atoms with E-state index in [1.807, 2.05) is 26.0 Å². The zero-order chi connectivity index (χ0) is 25.1. The zero-order valence-electron chi connectivity index (χ0n) is 21.0. The molecule has 1 atom stereocenters. The van der Waals surface area contributed by atoms with Gasteiger partial charge in [0.2, 0.25) is 5.91 Å². The Morgan fingerprint density at radius 3 is 2.51 bits per heavy atom. The maximum absolute atomic E-state index is 13.3. The Balaban J connectivity index is 1.55. The molecule has 0 bridgehead atoms. The van der Waals surface area contributed by atoms with Gasteiger partial charge >= 0.3 is 11.2 Å². The minimum atomic E-state index is -0.585. The maximum Gasteiger partial charge on any atom is 0.357 e. The first kappa shape index (κ1) is 25.2. The van der Waals surface area contributed by atoms with Crippen molar-refractivity contribution >= 4 is 52.0 Å². The topological polar surface area (TPSA) is 88.3 Å². The van der Waals surface area contributed by atoms with Crippen LogP contribution in [0.5, 0.6) is 0 Å². The van der Waals surface area contributed by atoms with E-state index >= 15 is 0 Å². The highest BCUT2D eigenvalue weighted by Gasteiger charge is 2.53. The van der Waals surface area contributed by atoms with E-state index in [0.29, 0.717) is 24.5 Å². The first-order valence-electron chi connectivity index (χ1n) is 12.5. The molecule has 0 aliphatic carbocycles. The van der Waals surface area contributed by atoms with E-state index < -0.39 is 11.3 Å². The fourth-order valence-corrected chi connectivity index (χ4v) is 5.92. The van der Waals surface area contributed by atoms with Gasteiger partial charge in [0.15, 0.2) is 5.25 Å². The van der Waals surface area contributed by atoms with Crippen LogP contribution in [0.4, 0.5) is 16.2 Å². The van der Waals surface area contributed by atoms with Gasteiger partial charge in [-0.25, -0.2) is 9.69 Å². The number of carbonyl (C=O) groups is 3. The first-order valence-corrected chi connectivity index (χ1v) is 13.4. The number of amidine groups is 2. The average molecular weight is 500 g/mol. The highest BCUT2D eigenvalue weighted by Crippen LogP contribution is 2.32. The third-order valence-corrected chi connectivity index (χ3v) is 7.84. The van der Waals surface area contributed by atoms with E-state index in [0.717, 1.165) is 55.4 Å². The van der Waals surface area contributed by atoms with E-state index in [9.17, 15) is 14.4 Å². The molecule has 0 aromatic heterocycles. The molecule has 3 heterocycles. The van der Waals surface area contributed by atoms with Gasteiger partial charge < -0.3 is 10.2 Å². The number of aliphatic imine (C=N–C) groups is 1. The van der Waals surface area contributed by atoms with Crippen LogP contribution in [0, 0.1) is 6.92 Å². The van der Waals surface area contributed by atoms with Gasteiger partial charge in [0.05, 0.1) is 13.1 Å². The molecule has 4 rings (SSSR count). The van der Waals surface area contributed by atoms with Crippen molar-refractivity contribution in [3.05, 3.63) is 23.8 Å². The Morgan fingerprint density at radius 2 is 1.89 bits per heavy atom. The Morgan fingerprint density at radius 1 is 1.17 bits per heavy atom. The molecule has 0 saturated carbocycles. The van der Waals surface area contributed by atoms with Crippen molar-refractivity contribution in [2.24, 2.45) is 4.99 Å². The van der Waals surface area contributed by atoms with Gasteiger partial charge in [-0.1, -0.05) is 6.92 Å². The number of hydrogen-bond acceptors (Lipinski definition) is 5. The number of fused-ring (bicyclic) bond motifs is 1. The lowest BCUT2D eigenvalue weighted by Crippen LogP contribution is -2.61. The fraction of sp³-hybridized carbons (Fsp3) is 0.560. The highest BCUT2D eigenvalue weighted by atomic mass is 32.2. The number of amides is 4. The Bertz CT molecular complexity index is 1070. The number of anilines is 2. The van der Waals surface area contributed by atoms with Gasteiger partial charge in [-0.05, 0) is 80.6 Å². The first-order chi connectivity index (χ1) is 16.9. The van der Waals surface area contributed by atoms with E-state index in [2.05, 4.69) is 34.7 Å². The summed E-state index contributed by atoms with van der Waals surface area (Å²) < 4.78 is 2.16. The summed E-state index contributed by atoms with van der Waals surface area (Å²) >= 11 is 1.39. The number of hydrogen-bond donors (Lipinski definition) is 1. The number of nitrogens with zero attached hydrogens (tertiary/aromatic N) is 5. The van der Waals surface area contributed by atoms with Crippen molar-refractivity contribution in [2.75, 3.05) is 49.5 Å². The summed E-state index contributed by atoms with van der Waals surface area (Å²) in [5.41, 5.74) is 2.77. The molecular weight excluding hydrogens is 464 g/mol. The Kier molecular flexibility index (Phi) is 7.78. The normalized spacial score (nSPS) is 19.9. The fourth-order valence-electron chi connectivity index (χ4n) is 4.72. The summed E-state index contributed by atoms with van der Waals surface area (Å²) in [6.45, 7) is 11.9. The average Bonchev–Trinajstić information content (AvgIpc) is 3.52. The molecular formula is C25H35N6O3S+. The molecule has 1 N–H and O–H groups in total. The minimum Gasteiger partial charge on any atom is -0.372 e. The molecule has 2 saturated heterocycles. The Labute approximate surface area is 211 Å². The summed E-state index contributed by atoms with van der Waals surface area (Å²) in [7, 11) is 0. The van der Waals surface area contributed by atoms with Crippen LogP contribution in [-0.4, -0.2) is 87.7 Å². The minimum absolute atomic E-state index is 0.188. The van der Waals surface area contributed by atoms with Gasteiger partial charge in [-0.2, -0.15) is 0 Å². The van der Waals surface area contributed by atoms with E-state index in [-0.39, 0.29) is 18.4 Å². The molecule has 9 nitrogen and oxygen atoms in total. The lowest BCUT2D eigenvalue weighted by molar-refractivity contribution is -0.503. The SMILES string of the molecule is CCCN1C(=O)C2SC(=[N+]3CCCC3)N=C2N(CC(=O)Nc2ccc(N(CC)CC)cc2C)C1=O. The van der Waals surface area contributed by atoms with Crippen LogP contribution in [-0.2, 0) is 9.59 Å². The smallest absolute Gasteiger partial charge is 0.357 e. The van der Waals surface area contributed by atoms with Gasteiger partial charge in [0.25, 0.3) is 11.7 Å². The van der Waals surface area contributed by atoms with Crippen LogP contribution in [0.3, 0.4) is 0 Å². The molecule has 4 amide bonds. The molecule has 2 fully saturated rings. The lowest BCUT2D eigenvalue weighted by Gasteiger charge is -2.34. The number of benzene rings is 1. The van der Waals surface area contributed by atoms with Gasteiger partial charge in [0, 0.05) is 31.0 Å². The molecule has 0 radical (unpaired) electrons. The number of urea groups is 1. The lowest BCUT2D eigenvalue weighted by atomic mass is 10.1. The van der Waals surface area contributed by atoms with Crippen LogP contribution in [0.2, 0.25) is 0 Å². The predicted molar refractivity (Wildman–Crippen MR) is 141 cm³/mol. The number of rotatable bonds is 8. The van der Waals surface area contributed by atoms with Crippen LogP contribution < -0.4 is 10.2 Å². The summed E-state index contributed by atoms with van der Waals surface area (Å²) in [5.74, 6) is -0.179. The van der Waals surface area contributed by atoms with Crippen molar-refractivity contribution in [1.29, 1.82) is 0 Å². The third-order valence-electron chi connectivity index (χ3n) is 6.63. The number of carbonyl (C=O) groups excluding carboxylic acids is 3. The van der Waals surface area contributed by atoms with Crippen LogP contribution in [0.15, 0.2) is 23.2 Å².